The van der Waals surface area contributed by atoms with Crippen molar-refractivity contribution in [1.82, 2.24) is 15.1 Å². The molecular weight excluding hydrogens is 186 g/mol. The molecule has 2 unspecified atom stereocenters. The topological polar surface area (TPSA) is 18.5 Å². The van der Waals surface area contributed by atoms with E-state index in [9.17, 15) is 0 Å². The van der Waals surface area contributed by atoms with Gasteiger partial charge in [0.25, 0.3) is 0 Å². The highest BCUT2D eigenvalue weighted by molar-refractivity contribution is 4.95. The predicted octanol–water partition coefficient (Wildman–Crippen LogP) is 0.764. The third kappa shape index (κ3) is 2.52. The minimum absolute atomic E-state index is 0.837. The average molecular weight is 211 g/mol. The molecule has 2 rings (SSSR count). The molecule has 0 aromatic heterocycles. The van der Waals surface area contributed by atoms with Gasteiger partial charge < -0.3 is 10.2 Å². The summed E-state index contributed by atoms with van der Waals surface area (Å²) in [4.78, 5) is 5.28. The predicted molar refractivity (Wildman–Crippen MR) is 64.2 cm³/mol. The van der Waals surface area contributed by atoms with E-state index in [1.54, 1.807) is 0 Å². The number of fused-ring (bicyclic) bond motifs is 1. The molecule has 0 spiro atoms. The van der Waals surface area contributed by atoms with Gasteiger partial charge in [0, 0.05) is 18.6 Å². The van der Waals surface area contributed by atoms with E-state index < -0.39 is 0 Å². The number of rotatable bonds is 5. The Morgan fingerprint density at radius 2 is 2.20 bits per heavy atom. The lowest BCUT2D eigenvalue weighted by molar-refractivity contribution is 0.190. The second-order valence-corrected chi connectivity index (χ2v) is 5.04. The third-order valence-electron chi connectivity index (χ3n) is 4.07. The van der Waals surface area contributed by atoms with Crippen LogP contribution in [0, 0.1) is 0 Å². The molecule has 0 aromatic rings. The zero-order valence-corrected chi connectivity index (χ0v) is 10.2. The highest BCUT2D eigenvalue weighted by Crippen LogP contribution is 2.30. The Hall–Kier alpha value is -0.120. The first kappa shape index (κ1) is 11.4. The molecule has 2 heterocycles. The molecule has 2 atom stereocenters. The second kappa shape index (κ2) is 5.28. The van der Waals surface area contributed by atoms with Crippen LogP contribution < -0.4 is 5.32 Å². The summed E-state index contributed by atoms with van der Waals surface area (Å²) in [5, 5.41) is 3.22. The lowest BCUT2D eigenvalue weighted by atomic mass is 10.1. The van der Waals surface area contributed by atoms with Crippen molar-refractivity contribution < 1.29 is 0 Å². The summed E-state index contributed by atoms with van der Waals surface area (Å²) in [5.41, 5.74) is 0. The quantitative estimate of drug-likeness (QED) is 0.678. The summed E-state index contributed by atoms with van der Waals surface area (Å²) in [6, 6.07) is 1.72. The molecule has 2 aliphatic rings. The minimum Gasteiger partial charge on any atom is -0.320 e. The third-order valence-corrected chi connectivity index (χ3v) is 4.07. The van der Waals surface area contributed by atoms with Gasteiger partial charge in [-0.1, -0.05) is 0 Å². The first-order valence-electron chi connectivity index (χ1n) is 6.42. The monoisotopic (exact) mass is 211 g/mol. The minimum atomic E-state index is 0.837. The molecule has 0 amide bonds. The normalized spacial score (nSPS) is 31.4. The first-order chi connectivity index (χ1) is 7.33. The van der Waals surface area contributed by atoms with Crippen molar-refractivity contribution in [2.24, 2.45) is 0 Å². The van der Waals surface area contributed by atoms with Crippen molar-refractivity contribution in [3.8, 4) is 0 Å². The van der Waals surface area contributed by atoms with Crippen LogP contribution in [0.2, 0.25) is 0 Å². The van der Waals surface area contributed by atoms with Crippen molar-refractivity contribution >= 4 is 0 Å². The lowest BCUT2D eigenvalue weighted by Crippen LogP contribution is -2.41. The highest BCUT2D eigenvalue weighted by Gasteiger charge is 2.38. The van der Waals surface area contributed by atoms with Crippen LogP contribution in [0.3, 0.4) is 0 Å². The molecular formula is C12H25N3. The number of nitrogens with zero attached hydrogens (tertiary/aromatic N) is 2. The molecule has 0 aliphatic carbocycles. The molecule has 2 fully saturated rings. The first-order valence-corrected chi connectivity index (χ1v) is 6.42. The number of likely N-dealkylation sites (N-methyl/N-ethyl adjacent to an activating group) is 1. The van der Waals surface area contributed by atoms with Crippen LogP contribution in [0.4, 0.5) is 0 Å². The Morgan fingerprint density at radius 1 is 1.33 bits per heavy atom. The van der Waals surface area contributed by atoms with Gasteiger partial charge in [0.2, 0.25) is 0 Å². The SMILES string of the molecule is CNCCCN(C)C1CCN2CCCC12. The summed E-state index contributed by atoms with van der Waals surface area (Å²) in [7, 11) is 4.34. The molecule has 0 radical (unpaired) electrons. The van der Waals surface area contributed by atoms with Crippen LogP contribution >= 0.6 is 0 Å². The molecule has 0 aromatic carbocycles. The Kier molecular flexibility index (Phi) is 4.00. The maximum atomic E-state index is 3.22. The van der Waals surface area contributed by atoms with Crippen molar-refractivity contribution in [3.05, 3.63) is 0 Å². The van der Waals surface area contributed by atoms with Crippen molar-refractivity contribution in [2.45, 2.75) is 37.8 Å². The lowest BCUT2D eigenvalue weighted by Gasteiger charge is -2.29. The van der Waals surface area contributed by atoms with Gasteiger partial charge in [-0.3, -0.25) is 4.90 Å². The molecule has 0 bridgehead atoms. The highest BCUT2D eigenvalue weighted by atomic mass is 15.3. The summed E-state index contributed by atoms with van der Waals surface area (Å²) in [6.07, 6.45) is 5.52. The molecule has 2 aliphatic heterocycles. The van der Waals surface area contributed by atoms with E-state index in [-0.39, 0.29) is 0 Å². The largest absolute Gasteiger partial charge is 0.320 e. The number of nitrogens with one attached hydrogen (secondary N) is 1. The zero-order valence-electron chi connectivity index (χ0n) is 10.2. The van der Waals surface area contributed by atoms with Gasteiger partial charge in [-0.15, -0.1) is 0 Å². The van der Waals surface area contributed by atoms with E-state index in [1.807, 2.05) is 7.05 Å². The fourth-order valence-electron chi connectivity index (χ4n) is 3.24. The fraction of sp³-hybridized carbons (Fsp3) is 1.00. The maximum Gasteiger partial charge on any atom is 0.0260 e. The molecule has 1 N–H and O–H groups in total. The van der Waals surface area contributed by atoms with E-state index in [1.165, 1.54) is 45.3 Å². The average Bonchev–Trinajstić information content (AvgIpc) is 2.78. The van der Waals surface area contributed by atoms with E-state index in [4.69, 9.17) is 0 Å². The van der Waals surface area contributed by atoms with Gasteiger partial charge >= 0.3 is 0 Å². The van der Waals surface area contributed by atoms with Gasteiger partial charge in [0.1, 0.15) is 0 Å². The van der Waals surface area contributed by atoms with Gasteiger partial charge in [0.05, 0.1) is 0 Å². The van der Waals surface area contributed by atoms with E-state index >= 15 is 0 Å². The van der Waals surface area contributed by atoms with Crippen molar-refractivity contribution in [2.75, 3.05) is 40.3 Å². The van der Waals surface area contributed by atoms with Crippen LogP contribution in [0.1, 0.15) is 25.7 Å². The van der Waals surface area contributed by atoms with E-state index in [0.29, 0.717) is 0 Å². The fourth-order valence-corrected chi connectivity index (χ4v) is 3.24. The summed E-state index contributed by atoms with van der Waals surface area (Å²) in [6.45, 7) is 5.08. The Morgan fingerprint density at radius 3 is 3.00 bits per heavy atom. The molecule has 3 nitrogen and oxygen atoms in total. The van der Waals surface area contributed by atoms with Crippen LogP contribution in [-0.2, 0) is 0 Å². The van der Waals surface area contributed by atoms with Gasteiger partial charge in [-0.2, -0.15) is 0 Å². The second-order valence-electron chi connectivity index (χ2n) is 5.04. The van der Waals surface area contributed by atoms with Gasteiger partial charge in [-0.25, -0.2) is 0 Å². The summed E-state index contributed by atoms with van der Waals surface area (Å²) in [5.74, 6) is 0. The summed E-state index contributed by atoms with van der Waals surface area (Å²) >= 11 is 0. The van der Waals surface area contributed by atoms with Crippen molar-refractivity contribution in [1.29, 1.82) is 0 Å². The Balaban J connectivity index is 1.77. The standard InChI is InChI=1S/C12H25N3/c1-13-7-4-8-14(2)11-6-10-15-9-3-5-12(11)15/h11-13H,3-10H2,1-2H3. The summed E-state index contributed by atoms with van der Waals surface area (Å²) < 4.78 is 0. The number of hydrogen-bond donors (Lipinski definition) is 1. The Labute approximate surface area is 93.8 Å². The molecule has 0 saturated carbocycles. The van der Waals surface area contributed by atoms with Crippen molar-refractivity contribution in [3.63, 3.8) is 0 Å². The molecule has 3 heteroatoms. The van der Waals surface area contributed by atoms with E-state index in [0.717, 1.165) is 18.6 Å². The number of hydrogen-bond acceptors (Lipinski definition) is 3. The molecule has 88 valence electrons. The van der Waals surface area contributed by atoms with Gasteiger partial charge in [0.15, 0.2) is 0 Å². The van der Waals surface area contributed by atoms with E-state index in [2.05, 4.69) is 22.2 Å². The molecule has 15 heavy (non-hydrogen) atoms. The molecule has 2 saturated heterocycles. The zero-order chi connectivity index (χ0) is 10.7. The van der Waals surface area contributed by atoms with Crippen LogP contribution in [0.5, 0.6) is 0 Å². The Bertz CT molecular complexity index is 195. The van der Waals surface area contributed by atoms with Crippen LogP contribution in [0.15, 0.2) is 0 Å². The maximum absolute atomic E-state index is 3.22. The van der Waals surface area contributed by atoms with Crippen LogP contribution in [0.25, 0.3) is 0 Å². The van der Waals surface area contributed by atoms with Crippen LogP contribution in [-0.4, -0.2) is 62.2 Å². The van der Waals surface area contributed by atoms with Gasteiger partial charge in [-0.05, 0) is 59.4 Å². The smallest absolute Gasteiger partial charge is 0.0260 e.